The molecule has 0 aromatic heterocycles. The molecule has 0 radical (unpaired) electrons. The second kappa shape index (κ2) is 5.12. The molecule has 1 saturated carbocycles. The van der Waals surface area contributed by atoms with Gasteiger partial charge in [-0.05, 0) is 25.2 Å². The second-order valence-electron chi connectivity index (χ2n) is 4.04. The molecule has 1 N–H and O–H groups in total. The Morgan fingerprint density at radius 2 is 2.00 bits per heavy atom. The van der Waals surface area contributed by atoms with E-state index in [1.807, 2.05) is 0 Å². The highest BCUT2D eigenvalue weighted by atomic mass is 32.2. The zero-order valence-corrected chi connectivity index (χ0v) is 9.94. The number of nitrogens with one attached hydrogen (secondary N) is 1. The lowest BCUT2D eigenvalue weighted by Gasteiger charge is -2.15. The Morgan fingerprint density at radius 3 is 2.43 bits per heavy atom. The van der Waals surface area contributed by atoms with Gasteiger partial charge in [0.25, 0.3) is 0 Å². The minimum absolute atomic E-state index is 0.259. The molecular weight excluding hydrogens is 198 g/mol. The molecule has 1 aliphatic rings. The Labute approximate surface area is 87.2 Å². The summed E-state index contributed by atoms with van der Waals surface area (Å²) in [6.45, 7) is 4.48. The van der Waals surface area contributed by atoms with Crippen molar-refractivity contribution in [2.45, 2.75) is 39.2 Å². The van der Waals surface area contributed by atoms with Crippen LogP contribution >= 0.6 is 0 Å². The summed E-state index contributed by atoms with van der Waals surface area (Å²) in [5.74, 6) is 1.35. The second-order valence-corrected chi connectivity index (χ2v) is 6.52. The van der Waals surface area contributed by atoms with Gasteiger partial charge in [-0.2, -0.15) is 0 Å². The van der Waals surface area contributed by atoms with E-state index in [-0.39, 0.29) is 11.5 Å². The fourth-order valence-electron chi connectivity index (χ4n) is 1.69. The van der Waals surface area contributed by atoms with E-state index >= 15 is 0 Å². The van der Waals surface area contributed by atoms with Crippen molar-refractivity contribution in [3.05, 3.63) is 0 Å². The minimum atomic E-state index is -2.79. The van der Waals surface area contributed by atoms with E-state index in [9.17, 15) is 8.42 Å². The van der Waals surface area contributed by atoms with Gasteiger partial charge in [-0.25, -0.2) is 8.42 Å². The highest BCUT2D eigenvalue weighted by Crippen LogP contribution is 2.33. The van der Waals surface area contributed by atoms with Gasteiger partial charge in [0.05, 0.1) is 5.75 Å². The summed E-state index contributed by atoms with van der Waals surface area (Å²) in [5, 5.41) is 3.34. The fourth-order valence-corrected chi connectivity index (χ4v) is 2.40. The molecule has 14 heavy (non-hydrogen) atoms. The van der Waals surface area contributed by atoms with Crippen LogP contribution < -0.4 is 5.32 Å². The van der Waals surface area contributed by atoms with E-state index in [4.69, 9.17) is 0 Å². The summed E-state index contributed by atoms with van der Waals surface area (Å²) in [7, 11) is -2.79. The third kappa shape index (κ3) is 3.96. The molecule has 84 valence electrons. The number of sulfone groups is 1. The van der Waals surface area contributed by atoms with E-state index < -0.39 is 9.84 Å². The van der Waals surface area contributed by atoms with Crippen molar-refractivity contribution in [2.24, 2.45) is 5.92 Å². The molecule has 0 aromatic carbocycles. The van der Waals surface area contributed by atoms with Crippen LogP contribution in [-0.4, -0.2) is 32.5 Å². The molecule has 0 bridgehead atoms. The molecule has 1 aliphatic carbocycles. The predicted molar refractivity (Wildman–Crippen MR) is 59.1 cm³/mol. The Bertz CT molecular complexity index is 257. The summed E-state index contributed by atoms with van der Waals surface area (Å²) < 4.78 is 22.4. The molecule has 0 heterocycles. The van der Waals surface area contributed by atoms with Gasteiger partial charge in [0.15, 0.2) is 9.84 Å². The van der Waals surface area contributed by atoms with E-state index in [2.05, 4.69) is 12.2 Å². The van der Waals surface area contributed by atoms with Crippen molar-refractivity contribution in [1.82, 2.24) is 5.32 Å². The lowest BCUT2D eigenvalue weighted by Crippen LogP contribution is -2.34. The Balaban J connectivity index is 2.19. The topological polar surface area (TPSA) is 46.2 Å². The molecule has 4 heteroatoms. The molecule has 0 amide bonds. The quantitative estimate of drug-likeness (QED) is 0.700. The number of rotatable bonds is 7. The Hall–Kier alpha value is -0.0900. The van der Waals surface area contributed by atoms with E-state index in [1.54, 1.807) is 6.92 Å². The predicted octanol–water partition coefficient (Wildman–Crippen LogP) is 1.20. The minimum Gasteiger partial charge on any atom is -0.313 e. The molecule has 1 unspecified atom stereocenters. The molecule has 0 aliphatic heterocycles. The standard InChI is InChI=1S/C10H21NO2S/c1-3-10(9-5-6-9)11-7-8-14(12,13)4-2/h9-11H,3-8H2,1-2H3. The van der Waals surface area contributed by atoms with Crippen LogP contribution in [-0.2, 0) is 9.84 Å². The average Bonchev–Trinajstić information content (AvgIpc) is 2.96. The molecule has 0 spiro atoms. The molecule has 3 nitrogen and oxygen atoms in total. The Kier molecular flexibility index (Phi) is 4.38. The third-order valence-corrected chi connectivity index (χ3v) is 4.60. The average molecular weight is 219 g/mol. The van der Waals surface area contributed by atoms with Crippen LogP contribution in [0.25, 0.3) is 0 Å². The van der Waals surface area contributed by atoms with Crippen molar-refractivity contribution >= 4 is 9.84 Å². The maximum atomic E-state index is 11.2. The van der Waals surface area contributed by atoms with Crippen LogP contribution in [0.5, 0.6) is 0 Å². The summed E-state index contributed by atoms with van der Waals surface area (Å²) in [6, 6.07) is 0.544. The molecule has 1 rings (SSSR count). The first-order valence-electron chi connectivity index (χ1n) is 5.53. The fraction of sp³-hybridized carbons (Fsp3) is 1.00. The zero-order chi connectivity index (χ0) is 10.6. The van der Waals surface area contributed by atoms with Crippen LogP contribution in [0, 0.1) is 5.92 Å². The SMILES string of the molecule is CCC(NCCS(=O)(=O)CC)C1CC1. The molecule has 0 saturated heterocycles. The maximum Gasteiger partial charge on any atom is 0.151 e. The first-order chi connectivity index (χ1) is 6.59. The highest BCUT2D eigenvalue weighted by Gasteiger charge is 2.29. The van der Waals surface area contributed by atoms with Crippen molar-refractivity contribution in [2.75, 3.05) is 18.1 Å². The van der Waals surface area contributed by atoms with Crippen LogP contribution in [0.1, 0.15) is 33.1 Å². The number of hydrogen-bond acceptors (Lipinski definition) is 3. The summed E-state index contributed by atoms with van der Waals surface area (Å²) in [4.78, 5) is 0. The largest absolute Gasteiger partial charge is 0.313 e. The van der Waals surface area contributed by atoms with Gasteiger partial charge in [0.1, 0.15) is 0 Å². The van der Waals surface area contributed by atoms with Gasteiger partial charge in [-0.3, -0.25) is 0 Å². The van der Waals surface area contributed by atoms with E-state index in [1.165, 1.54) is 12.8 Å². The maximum absolute atomic E-state index is 11.2. The molecular formula is C10H21NO2S. The van der Waals surface area contributed by atoms with Crippen LogP contribution in [0.2, 0.25) is 0 Å². The molecule has 1 fully saturated rings. The zero-order valence-electron chi connectivity index (χ0n) is 9.12. The molecule has 1 atom stereocenters. The monoisotopic (exact) mass is 219 g/mol. The van der Waals surface area contributed by atoms with Crippen LogP contribution in [0.4, 0.5) is 0 Å². The van der Waals surface area contributed by atoms with Gasteiger partial charge in [-0.1, -0.05) is 13.8 Å². The van der Waals surface area contributed by atoms with Gasteiger partial charge >= 0.3 is 0 Å². The summed E-state index contributed by atoms with van der Waals surface area (Å²) >= 11 is 0. The van der Waals surface area contributed by atoms with Gasteiger partial charge in [0, 0.05) is 18.3 Å². The lowest BCUT2D eigenvalue weighted by atomic mass is 10.1. The Morgan fingerprint density at radius 1 is 1.36 bits per heavy atom. The van der Waals surface area contributed by atoms with Crippen molar-refractivity contribution in [3.63, 3.8) is 0 Å². The first kappa shape index (κ1) is 12.0. The van der Waals surface area contributed by atoms with Crippen LogP contribution in [0.3, 0.4) is 0 Å². The van der Waals surface area contributed by atoms with Gasteiger partial charge in [0.2, 0.25) is 0 Å². The normalized spacial score (nSPS) is 19.6. The molecule has 0 aromatic rings. The van der Waals surface area contributed by atoms with Gasteiger partial charge < -0.3 is 5.32 Å². The number of hydrogen-bond donors (Lipinski definition) is 1. The van der Waals surface area contributed by atoms with E-state index in [0.717, 1.165) is 12.3 Å². The third-order valence-electron chi connectivity index (χ3n) is 2.89. The van der Waals surface area contributed by atoms with Crippen molar-refractivity contribution in [1.29, 1.82) is 0 Å². The van der Waals surface area contributed by atoms with Crippen molar-refractivity contribution in [3.8, 4) is 0 Å². The lowest BCUT2D eigenvalue weighted by molar-refractivity contribution is 0.461. The smallest absolute Gasteiger partial charge is 0.151 e. The highest BCUT2D eigenvalue weighted by molar-refractivity contribution is 7.91. The first-order valence-corrected chi connectivity index (χ1v) is 7.35. The van der Waals surface area contributed by atoms with Crippen molar-refractivity contribution < 1.29 is 8.42 Å². The van der Waals surface area contributed by atoms with Crippen LogP contribution in [0.15, 0.2) is 0 Å². The van der Waals surface area contributed by atoms with E-state index in [0.29, 0.717) is 12.6 Å². The summed E-state index contributed by atoms with van der Waals surface area (Å²) in [5.41, 5.74) is 0. The van der Waals surface area contributed by atoms with Gasteiger partial charge in [-0.15, -0.1) is 0 Å². The summed E-state index contributed by atoms with van der Waals surface area (Å²) in [6.07, 6.45) is 3.73.